The minimum Gasteiger partial charge on any atom is -0.370 e. The summed E-state index contributed by atoms with van der Waals surface area (Å²) in [5.74, 6) is 0. The Balaban J connectivity index is 2.62. The van der Waals surface area contributed by atoms with E-state index in [1.807, 2.05) is 44.0 Å². The Morgan fingerprint density at radius 3 is 2.57 bits per heavy atom. The van der Waals surface area contributed by atoms with Crippen molar-refractivity contribution in [1.29, 1.82) is 0 Å². The maximum Gasteiger partial charge on any atom is 0.271 e. The van der Waals surface area contributed by atoms with E-state index in [0.29, 0.717) is 12.0 Å². The lowest BCUT2D eigenvalue weighted by Crippen LogP contribution is -2.28. The molecule has 1 heterocycles. The fraction of sp³-hybridized carbons (Fsp3) is 0.368. The highest BCUT2D eigenvalue weighted by atomic mass is 16.1. The number of carbonyl (C=O) groups is 1. The van der Waals surface area contributed by atoms with Crippen LogP contribution in [0, 0.1) is 6.92 Å². The van der Waals surface area contributed by atoms with Crippen LogP contribution in [0.15, 0.2) is 29.1 Å². The highest BCUT2D eigenvalue weighted by molar-refractivity contribution is 5.75. The Morgan fingerprint density at radius 1 is 1.22 bits per heavy atom. The number of aryl methyl sites for hydroxylation is 1. The van der Waals surface area contributed by atoms with Crippen molar-refractivity contribution in [3.05, 3.63) is 62.6 Å². The smallest absolute Gasteiger partial charge is 0.271 e. The molecule has 0 amide bonds. The number of nitrogens with one attached hydrogen (secondary N) is 1. The molecule has 0 bridgehead atoms. The second-order valence-corrected chi connectivity index (χ2v) is 5.79. The molecule has 122 valence electrons. The molecule has 2 aromatic rings. The van der Waals surface area contributed by atoms with Gasteiger partial charge in [0, 0.05) is 31.3 Å². The van der Waals surface area contributed by atoms with Crippen molar-refractivity contribution < 1.29 is 4.79 Å². The Hall–Kier alpha value is -2.36. The first kappa shape index (κ1) is 17.0. The van der Waals surface area contributed by atoms with Gasteiger partial charge in [-0.1, -0.05) is 25.1 Å². The second-order valence-electron chi connectivity index (χ2n) is 5.79. The van der Waals surface area contributed by atoms with Gasteiger partial charge in [-0.25, -0.2) is 0 Å². The van der Waals surface area contributed by atoms with E-state index in [2.05, 4.69) is 11.9 Å². The molecule has 0 aliphatic carbocycles. The van der Waals surface area contributed by atoms with E-state index in [4.69, 9.17) is 0 Å². The number of aldehydes is 1. The summed E-state index contributed by atoms with van der Waals surface area (Å²) in [5.41, 5.74) is 5.54. The van der Waals surface area contributed by atoms with Crippen molar-refractivity contribution in [2.24, 2.45) is 0 Å². The van der Waals surface area contributed by atoms with E-state index in [9.17, 15) is 9.59 Å². The van der Waals surface area contributed by atoms with Gasteiger partial charge in [0.15, 0.2) is 0 Å². The second kappa shape index (κ2) is 7.27. The highest BCUT2D eigenvalue weighted by Gasteiger charge is 2.17. The average Bonchev–Trinajstić information content (AvgIpc) is 2.54. The molecule has 0 atom stereocenters. The Kier molecular flexibility index (Phi) is 5.37. The zero-order chi connectivity index (χ0) is 17.0. The van der Waals surface area contributed by atoms with Crippen LogP contribution in [-0.4, -0.2) is 24.9 Å². The van der Waals surface area contributed by atoms with Gasteiger partial charge in [-0.05, 0) is 43.0 Å². The van der Waals surface area contributed by atoms with E-state index in [0.717, 1.165) is 41.8 Å². The summed E-state index contributed by atoms with van der Waals surface area (Å²) in [4.78, 5) is 28.4. The molecular weight excluding hydrogens is 288 g/mol. The Bertz CT molecular complexity index is 762. The van der Waals surface area contributed by atoms with Crippen molar-refractivity contribution in [3.8, 4) is 0 Å². The van der Waals surface area contributed by atoms with Crippen LogP contribution in [0.2, 0.25) is 0 Å². The molecule has 0 spiro atoms. The molecule has 0 fully saturated rings. The summed E-state index contributed by atoms with van der Waals surface area (Å²) in [7, 11) is 1.94. The van der Waals surface area contributed by atoms with Crippen molar-refractivity contribution in [1.82, 2.24) is 4.98 Å². The lowest BCUT2D eigenvalue weighted by atomic mass is 9.95. The number of aromatic nitrogens is 1. The van der Waals surface area contributed by atoms with Crippen LogP contribution in [0.3, 0.4) is 0 Å². The Labute approximate surface area is 137 Å². The number of nitrogens with zero attached hydrogens (tertiary/aromatic N) is 1. The summed E-state index contributed by atoms with van der Waals surface area (Å²) in [5, 5.41) is 0. The largest absolute Gasteiger partial charge is 0.370 e. The third kappa shape index (κ3) is 3.52. The van der Waals surface area contributed by atoms with Crippen LogP contribution in [0.5, 0.6) is 0 Å². The van der Waals surface area contributed by atoms with Gasteiger partial charge in [-0.15, -0.1) is 0 Å². The number of aromatic amines is 1. The van der Waals surface area contributed by atoms with E-state index < -0.39 is 0 Å². The summed E-state index contributed by atoms with van der Waals surface area (Å²) in [6, 6.07) is 7.56. The molecule has 0 saturated carbocycles. The summed E-state index contributed by atoms with van der Waals surface area (Å²) >= 11 is 0. The number of H-pyrrole nitrogens is 1. The fourth-order valence-electron chi connectivity index (χ4n) is 3.02. The normalized spacial score (nSPS) is 10.6. The van der Waals surface area contributed by atoms with Crippen LogP contribution < -0.4 is 10.5 Å². The van der Waals surface area contributed by atoms with Gasteiger partial charge in [0.1, 0.15) is 12.0 Å². The Morgan fingerprint density at radius 2 is 1.96 bits per heavy atom. The average molecular weight is 312 g/mol. The molecular formula is C19H24N2O2. The van der Waals surface area contributed by atoms with E-state index >= 15 is 0 Å². The number of benzene rings is 1. The summed E-state index contributed by atoms with van der Waals surface area (Å²) < 4.78 is 0. The first-order chi connectivity index (χ1) is 11.0. The van der Waals surface area contributed by atoms with Crippen LogP contribution >= 0.6 is 0 Å². The monoisotopic (exact) mass is 312 g/mol. The minimum absolute atomic E-state index is 0.0504. The SMILES string of the molecule is CCc1c(C)[nH]c(=O)c(N(C)CC)c1Cc1cccc(C=O)c1. The topological polar surface area (TPSA) is 53.2 Å². The van der Waals surface area contributed by atoms with Gasteiger partial charge >= 0.3 is 0 Å². The molecule has 0 saturated heterocycles. The number of pyridine rings is 1. The van der Waals surface area contributed by atoms with Gasteiger partial charge in [-0.3, -0.25) is 9.59 Å². The van der Waals surface area contributed by atoms with Crippen LogP contribution in [0.25, 0.3) is 0 Å². The maximum absolute atomic E-state index is 12.5. The quantitative estimate of drug-likeness (QED) is 0.834. The van der Waals surface area contributed by atoms with Gasteiger partial charge in [0.25, 0.3) is 5.56 Å². The standard InChI is InChI=1S/C19H24N2O2/c1-5-16-13(3)20-19(23)18(21(4)6-2)17(16)11-14-8-7-9-15(10-14)12-22/h7-10,12H,5-6,11H2,1-4H3,(H,20,23). The molecule has 0 aliphatic heterocycles. The van der Waals surface area contributed by atoms with Crippen molar-refractivity contribution in [2.75, 3.05) is 18.5 Å². The first-order valence-electron chi connectivity index (χ1n) is 8.01. The van der Waals surface area contributed by atoms with Gasteiger partial charge in [0.05, 0.1) is 0 Å². The van der Waals surface area contributed by atoms with Crippen molar-refractivity contribution >= 4 is 12.0 Å². The fourth-order valence-corrected chi connectivity index (χ4v) is 3.02. The third-order valence-corrected chi connectivity index (χ3v) is 4.30. The summed E-state index contributed by atoms with van der Waals surface area (Å²) in [6.45, 7) is 6.83. The number of hydrogen-bond acceptors (Lipinski definition) is 3. The number of rotatable bonds is 6. The van der Waals surface area contributed by atoms with E-state index in [1.54, 1.807) is 6.07 Å². The molecule has 4 nitrogen and oxygen atoms in total. The lowest BCUT2D eigenvalue weighted by molar-refractivity contribution is 0.112. The zero-order valence-electron chi connectivity index (χ0n) is 14.3. The number of anilines is 1. The third-order valence-electron chi connectivity index (χ3n) is 4.30. The van der Waals surface area contributed by atoms with Crippen molar-refractivity contribution in [2.45, 2.75) is 33.6 Å². The minimum atomic E-state index is -0.0504. The number of hydrogen-bond donors (Lipinski definition) is 1. The predicted octanol–water partition coefficient (Wildman–Crippen LogP) is 3.11. The van der Waals surface area contributed by atoms with Gasteiger partial charge in [-0.2, -0.15) is 0 Å². The molecule has 0 unspecified atom stereocenters. The first-order valence-corrected chi connectivity index (χ1v) is 8.01. The molecule has 2 rings (SSSR count). The molecule has 1 aromatic heterocycles. The van der Waals surface area contributed by atoms with E-state index in [1.165, 1.54) is 5.56 Å². The van der Waals surface area contributed by atoms with E-state index in [-0.39, 0.29) is 5.56 Å². The molecule has 0 radical (unpaired) electrons. The number of carbonyl (C=O) groups excluding carboxylic acids is 1. The highest BCUT2D eigenvalue weighted by Crippen LogP contribution is 2.25. The van der Waals surface area contributed by atoms with Crippen LogP contribution in [-0.2, 0) is 12.8 Å². The molecule has 23 heavy (non-hydrogen) atoms. The lowest BCUT2D eigenvalue weighted by Gasteiger charge is -2.23. The predicted molar refractivity (Wildman–Crippen MR) is 94.8 cm³/mol. The zero-order valence-corrected chi connectivity index (χ0v) is 14.3. The van der Waals surface area contributed by atoms with Crippen LogP contribution in [0.1, 0.15) is 46.6 Å². The molecule has 4 heteroatoms. The molecule has 1 aromatic carbocycles. The molecule has 1 N–H and O–H groups in total. The summed E-state index contributed by atoms with van der Waals surface area (Å²) in [6.07, 6.45) is 2.36. The van der Waals surface area contributed by atoms with Gasteiger partial charge in [0.2, 0.25) is 0 Å². The maximum atomic E-state index is 12.5. The van der Waals surface area contributed by atoms with Crippen LogP contribution in [0.4, 0.5) is 5.69 Å². The van der Waals surface area contributed by atoms with Gasteiger partial charge < -0.3 is 9.88 Å². The van der Waals surface area contributed by atoms with Crippen molar-refractivity contribution in [3.63, 3.8) is 0 Å². The molecule has 0 aliphatic rings.